The Labute approximate surface area is 158 Å². The number of rotatable bonds is 4. The maximum absolute atomic E-state index is 4.87. The summed E-state index contributed by atoms with van der Waals surface area (Å²) in [6, 6.07) is 21.5. The van der Waals surface area contributed by atoms with E-state index in [-0.39, 0.29) is 0 Å². The van der Waals surface area contributed by atoms with Gasteiger partial charge >= 0.3 is 0 Å². The number of fused-ring (bicyclic) bond motifs is 1. The molecule has 0 saturated carbocycles. The lowest BCUT2D eigenvalue weighted by Crippen LogP contribution is -2.19. The van der Waals surface area contributed by atoms with Gasteiger partial charge in [0.05, 0.1) is 12.4 Å². The maximum Gasteiger partial charge on any atom is 0.152 e. The number of hydrogen-bond donors (Lipinski definition) is 1. The summed E-state index contributed by atoms with van der Waals surface area (Å²) in [6.07, 6.45) is 8.94. The summed E-state index contributed by atoms with van der Waals surface area (Å²) >= 11 is 0. The Morgan fingerprint density at radius 3 is 2.63 bits per heavy atom. The van der Waals surface area contributed by atoms with E-state index in [2.05, 4.69) is 75.6 Å². The van der Waals surface area contributed by atoms with Gasteiger partial charge in [0.2, 0.25) is 0 Å². The van der Waals surface area contributed by atoms with Crippen molar-refractivity contribution in [3.63, 3.8) is 0 Å². The van der Waals surface area contributed by atoms with Crippen LogP contribution in [0.5, 0.6) is 0 Å². The van der Waals surface area contributed by atoms with Crippen molar-refractivity contribution in [2.45, 2.75) is 25.3 Å². The van der Waals surface area contributed by atoms with Crippen molar-refractivity contribution >= 4 is 11.5 Å². The van der Waals surface area contributed by atoms with Crippen LogP contribution in [0.4, 0.5) is 11.5 Å². The van der Waals surface area contributed by atoms with Crippen molar-refractivity contribution in [2.75, 3.05) is 5.32 Å². The zero-order valence-electron chi connectivity index (χ0n) is 15.0. The molecule has 1 N–H and O–H groups in total. The largest absolute Gasteiger partial charge is 0.339 e. The quantitative estimate of drug-likeness (QED) is 0.575. The first kappa shape index (κ1) is 15.9. The summed E-state index contributed by atoms with van der Waals surface area (Å²) < 4.78 is 4.19. The van der Waals surface area contributed by atoms with Gasteiger partial charge in [-0.25, -0.2) is 4.98 Å². The number of anilines is 2. The van der Waals surface area contributed by atoms with Gasteiger partial charge in [0.15, 0.2) is 5.82 Å². The van der Waals surface area contributed by atoms with Gasteiger partial charge in [-0.15, -0.1) is 0 Å². The number of nitrogens with zero attached hydrogens (tertiary/aromatic N) is 4. The minimum Gasteiger partial charge on any atom is -0.339 e. The summed E-state index contributed by atoms with van der Waals surface area (Å²) in [5.41, 5.74) is 4.75. The van der Waals surface area contributed by atoms with E-state index in [0.29, 0.717) is 6.04 Å². The molecule has 1 atom stereocenters. The van der Waals surface area contributed by atoms with Crippen LogP contribution in [0.25, 0.3) is 5.69 Å². The molecule has 0 amide bonds. The molecular weight excluding hydrogens is 334 g/mol. The fraction of sp³-hybridized carbons (Fsp3) is 0.182. The molecule has 4 aromatic rings. The Balaban J connectivity index is 1.39. The average molecular weight is 355 g/mol. The van der Waals surface area contributed by atoms with Crippen LogP contribution in [0.3, 0.4) is 0 Å². The van der Waals surface area contributed by atoms with E-state index in [9.17, 15) is 0 Å². The van der Waals surface area contributed by atoms with Crippen molar-refractivity contribution in [2.24, 2.45) is 0 Å². The molecule has 1 unspecified atom stereocenters. The van der Waals surface area contributed by atoms with Gasteiger partial charge in [0, 0.05) is 35.5 Å². The normalized spacial score (nSPS) is 16.1. The van der Waals surface area contributed by atoms with Crippen molar-refractivity contribution in [3.05, 3.63) is 90.6 Å². The smallest absolute Gasteiger partial charge is 0.152 e. The lowest BCUT2D eigenvalue weighted by molar-refractivity contribution is 0.418. The van der Waals surface area contributed by atoms with Gasteiger partial charge in [-0.05, 0) is 49.1 Å². The molecule has 5 heteroatoms. The van der Waals surface area contributed by atoms with E-state index in [1.54, 1.807) is 12.5 Å². The predicted molar refractivity (Wildman–Crippen MR) is 107 cm³/mol. The summed E-state index contributed by atoms with van der Waals surface area (Å²) in [5.74, 6) is 0.906. The minimum absolute atomic E-state index is 0.328. The van der Waals surface area contributed by atoms with Crippen LogP contribution in [-0.2, 0) is 6.42 Å². The van der Waals surface area contributed by atoms with Gasteiger partial charge in [-0.2, -0.15) is 5.10 Å². The third kappa shape index (κ3) is 3.12. The second-order valence-electron chi connectivity index (χ2n) is 6.93. The summed E-state index contributed by atoms with van der Waals surface area (Å²) in [7, 11) is 0. The second-order valence-corrected chi connectivity index (χ2v) is 6.93. The minimum atomic E-state index is 0.328. The van der Waals surface area contributed by atoms with E-state index in [1.807, 2.05) is 10.8 Å². The molecule has 1 aliphatic heterocycles. The van der Waals surface area contributed by atoms with Crippen LogP contribution in [0.1, 0.15) is 30.1 Å². The topological polar surface area (TPSA) is 47.7 Å². The number of nitrogens with one attached hydrogen (secondary N) is 1. The molecule has 0 aliphatic carbocycles. The molecule has 0 saturated heterocycles. The number of aromatic nitrogens is 4. The molecule has 134 valence electrons. The molecule has 5 rings (SSSR count). The predicted octanol–water partition coefficient (Wildman–Crippen LogP) is 4.74. The highest BCUT2D eigenvalue weighted by molar-refractivity contribution is 5.58. The van der Waals surface area contributed by atoms with E-state index >= 15 is 0 Å². The zero-order chi connectivity index (χ0) is 18.1. The van der Waals surface area contributed by atoms with Crippen molar-refractivity contribution in [1.82, 2.24) is 19.3 Å². The third-order valence-corrected chi connectivity index (χ3v) is 5.15. The lowest BCUT2D eigenvalue weighted by Gasteiger charge is -2.24. The first-order valence-electron chi connectivity index (χ1n) is 9.36. The molecule has 2 aromatic heterocycles. The van der Waals surface area contributed by atoms with Crippen molar-refractivity contribution < 1.29 is 0 Å². The molecule has 0 radical (unpaired) electrons. The van der Waals surface area contributed by atoms with Crippen LogP contribution in [0, 0.1) is 0 Å². The Kier molecular flexibility index (Phi) is 3.98. The van der Waals surface area contributed by atoms with E-state index in [1.165, 1.54) is 17.7 Å². The zero-order valence-corrected chi connectivity index (χ0v) is 15.0. The van der Waals surface area contributed by atoms with Crippen LogP contribution in [-0.4, -0.2) is 19.3 Å². The fourth-order valence-corrected chi connectivity index (χ4v) is 3.81. The molecule has 1 aliphatic rings. The molecule has 27 heavy (non-hydrogen) atoms. The van der Waals surface area contributed by atoms with E-state index < -0.39 is 0 Å². The number of benzene rings is 2. The highest BCUT2D eigenvalue weighted by Gasteiger charge is 2.23. The van der Waals surface area contributed by atoms with Crippen LogP contribution in [0.2, 0.25) is 0 Å². The molecule has 0 fully saturated rings. The summed E-state index contributed by atoms with van der Waals surface area (Å²) in [4.78, 5) is 4.09. The van der Waals surface area contributed by atoms with Crippen molar-refractivity contribution in [3.8, 4) is 5.69 Å². The maximum atomic E-state index is 4.87. The average Bonchev–Trinajstić information content (AvgIpc) is 3.38. The molecule has 2 aromatic carbocycles. The van der Waals surface area contributed by atoms with E-state index in [0.717, 1.165) is 30.0 Å². The number of aryl methyl sites for hydroxylation is 1. The fourth-order valence-electron chi connectivity index (χ4n) is 3.81. The van der Waals surface area contributed by atoms with Gasteiger partial charge in [-0.3, -0.25) is 4.68 Å². The number of imidazole rings is 1. The third-order valence-electron chi connectivity index (χ3n) is 5.15. The van der Waals surface area contributed by atoms with Crippen LogP contribution < -0.4 is 5.32 Å². The lowest BCUT2D eigenvalue weighted by atomic mass is 9.97. The van der Waals surface area contributed by atoms with Crippen LogP contribution >= 0.6 is 0 Å². The molecule has 0 spiro atoms. The Bertz CT molecular complexity index is 1020. The molecular formula is C22H21N5. The Morgan fingerprint density at radius 1 is 1.00 bits per heavy atom. The van der Waals surface area contributed by atoms with E-state index in [4.69, 9.17) is 5.10 Å². The molecule has 0 bridgehead atoms. The van der Waals surface area contributed by atoms with Gasteiger partial charge < -0.3 is 9.88 Å². The van der Waals surface area contributed by atoms with Gasteiger partial charge in [-0.1, -0.05) is 30.3 Å². The monoisotopic (exact) mass is 355 g/mol. The second kappa shape index (κ2) is 6.76. The highest BCUT2D eigenvalue weighted by atomic mass is 15.3. The van der Waals surface area contributed by atoms with Crippen molar-refractivity contribution in [1.29, 1.82) is 0 Å². The first-order valence-corrected chi connectivity index (χ1v) is 9.36. The van der Waals surface area contributed by atoms with Crippen LogP contribution in [0.15, 0.2) is 79.4 Å². The first-order chi connectivity index (χ1) is 13.4. The molecule has 3 heterocycles. The molecule has 5 nitrogen and oxygen atoms in total. The number of hydrogen-bond acceptors (Lipinski definition) is 3. The summed E-state index contributed by atoms with van der Waals surface area (Å²) in [5, 5.41) is 8.32. The summed E-state index contributed by atoms with van der Waals surface area (Å²) in [6.45, 7) is 0. The van der Waals surface area contributed by atoms with Gasteiger partial charge in [0.1, 0.15) is 0 Å². The SMILES string of the molecule is c1ccc(C2CCCc3cc(Nc4ccc(-n5ccnc5)cc4)nn32)cc1. The Hall–Kier alpha value is -3.34. The standard InChI is InChI=1S/C22H21N5/c1-2-5-17(6-3-1)21-8-4-7-20-15-22(25-27(20)21)24-18-9-11-19(12-10-18)26-14-13-23-16-26/h1-3,5-6,9-16,21H,4,7-8H2,(H,24,25). The van der Waals surface area contributed by atoms with Gasteiger partial charge in [0.25, 0.3) is 0 Å². The Morgan fingerprint density at radius 2 is 1.85 bits per heavy atom. The highest BCUT2D eigenvalue weighted by Crippen LogP contribution is 2.32.